The summed E-state index contributed by atoms with van der Waals surface area (Å²) in [5, 5.41) is 3.36. The van der Waals surface area contributed by atoms with E-state index in [0.29, 0.717) is 12.1 Å². The second-order valence-corrected chi connectivity index (χ2v) is 3.36. The highest BCUT2D eigenvalue weighted by molar-refractivity contribution is 5.47. The summed E-state index contributed by atoms with van der Waals surface area (Å²) < 4.78 is 5.36. The van der Waals surface area contributed by atoms with Crippen LogP contribution in [0.2, 0.25) is 0 Å². The third kappa shape index (κ3) is 1.44. The normalized spacial score (nSPS) is 35.8. The number of carbonyl (C=O) groups is 1. The number of amides is 1. The summed E-state index contributed by atoms with van der Waals surface area (Å²) in [6.07, 6.45) is 2.39. The average molecular weight is 170 g/mol. The van der Waals surface area contributed by atoms with Crippen LogP contribution in [0, 0.1) is 0 Å². The molecule has 2 saturated heterocycles. The molecule has 2 aliphatic rings. The van der Waals surface area contributed by atoms with Crippen molar-refractivity contribution >= 4 is 6.41 Å². The third-order valence-electron chi connectivity index (χ3n) is 2.57. The van der Waals surface area contributed by atoms with Crippen LogP contribution in [0.3, 0.4) is 0 Å². The lowest BCUT2D eigenvalue weighted by atomic mass is 10.0. The Morgan fingerprint density at radius 2 is 2.42 bits per heavy atom. The van der Waals surface area contributed by atoms with Crippen molar-refractivity contribution in [3.8, 4) is 0 Å². The zero-order valence-corrected chi connectivity index (χ0v) is 7.03. The molecule has 2 heterocycles. The van der Waals surface area contributed by atoms with Crippen LogP contribution in [0.1, 0.15) is 6.42 Å². The van der Waals surface area contributed by atoms with Crippen molar-refractivity contribution in [1.82, 2.24) is 10.2 Å². The molecular weight excluding hydrogens is 156 g/mol. The topological polar surface area (TPSA) is 41.6 Å². The largest absolute Gasteiger partial charge is 0.376 e. The molecule has 4 heteroatoms. The van der Waals surface area contributed by atoms with Crippen molar-refractivity contribution in [2.45, 2.75) is 18.6 Å². The maximum atomic E-state index is 10.5. The van der Waals surface area contributed by atoms with Crippen LogP contribution in [0.5, 0.6) is 0 Å². The van der Waals surface area contributed by atoms with Gasteiger partial charge in [-0.2, -0.15) is 0 Å². The van der Waals surface area contributed by atoms with Gasteiger partial charge in [-0.05, 0) is 6.42 Å². The molecule has 2 aliphatic heterocycles. The van der Waals surface area contributed by atoms with E-state index >= 15 is 0 Å². The van der Waals surface area contributed by atoms with Gasteiger partial charge in [-0.3, -0.25) is 4.79 Å². The molecule has 0 unspecified atom stereocenters. The first-order chi connectivity index (χ1) is 5.90. The van der Waals surface area contributed by atoms with Crippen molar-refractivity contribution in [1.29, 1.82) is 0 Å². The molecule has 2 rings (SSSR count). The molecule has 2 fully saturated rings. The lowest BCUT2D eigenvalue weighted by Crippen LogP contribution is -2.58. The van der Waals surface area contributed by atoms with Gasteiger partial charge in [-0.25, -0.2) is 0 Å². The molecule has 68 valence electrons. The first kappa shape index (κ1) is 8.01. The zero-order valence-electron chi connectivity index (χ0n) is 7.03. The van der Waals surface area contributed by atoms with Crippen molar-refractivity contribution in [2.75, 3.05) is 26.2 Å². The van der Waals surface area contributed by atoms with Gasteiger partial charge in [-0.1, -0.05) is 0 Å². The summed E-state index contributed by atoms with van der Waals surface area (Å²) in [5.74, 6) is 0. The minimum Gasteiger partial charge on any atom is -0.376 e. The summed E-state index contributed by atoms with van der Waals surface area (Å²) >= 11 is 0. The fourth-order valence-electron chi connectivity index (χ4n) is 1.72. The molecule has 0 radical (unpaired) electrons. The van der Waals surface area contributed by atoms with Crippen LogP contribution in [0.15, 0.2) is 0 Å². The minimum absolute atomic E-state index is 0.341. The van der Waals surface area contributed by atoms with Crippen molar-refractivity contribution in [2.24, 2.45) is 0 Å². The van der Waals surface area contributed by atoms with Gasteiger partial charge in [0.1, 0.15) is 0 Å². The predicted octanol–water partition coefficient (Wildman–Crippen LogP) is -0.794. The Kier molecular flexibility index (Phi) is 2.28. The van der Waals surface area contributed by atoms with Gasteiger partial charge in [0.2, 0.25) is 6.41 Å². The Morgan fingerprint density at radius 3 is 3.00 bits per heavy atom. The summed E-state index contributed by atoms with van der Waals surface area (Å²) in [5.41, 5.74) is 0. The lowest BCUT2D eigenvalue weighted by molar-refractivity contribution is -0.122. The predicted molar refractivity (Wildman–Crippen MR) is 43.8 cm³/mol. The van der Waals surface area contributed by atoms with E-state index in [-0.39, 0.29) is 0 Å². The number of hydrogen-bond acceptors (Lipinski definition) is 3. The van der Waals surface area contributed by atoms with Crippen molar-refractivity contribution < 1.29 is 9.53 Å². The fraction of sp³-hybridized carbons (Fsp3) is 0.875. The van der Waals surface area contributed by atoms with Gasteiger partial charge < -0.3 is 15.0 Å². The monoisotopic (exact) mass is 170 g/mol. The smallest absolute Gasteiger partial charge is 0.209 e. The molecule has 0 saturated carbocycles. The van der Waals surface area contributed by atoms with E-state index in [1.165, 1.54) is 0 Å². The minimum atomic E-state index is 0.341. The second-order valence-electron chi connectivity index (χ2n) is 3.36. The maximum absolute atomic E-state index is 10.5. The summed E-state index contributed by atoms with van der Waals surface area (Å²) in [7, 11) is 0. The molecule has 12 heavy (non-hydrogen) atoms. The van der Waals surface area contributed by atoms with Gasteiger partial charge in [-0.15, -0.1) is 0 Å². The lowest BCUT2D eigenvalue weighted by Gasteiger charge is -2.39. The van der Waals surface area contributed by atoms with Crippen molar-refractivity contribution in [3.63, 3.8) is 0 Å². The molecule has 0 aromatic heterocycles. The Hall–Kier alpha value is -0.610. The first-order valence-corrected chi connectivity index (χ1v) is 4.44. The third-order valence-corrected chi connectivity index (χ3v) is 2.57. The molecule has 0 aromatic rings. The number of nitrogens with one attached hydrogen (secondary N) is 1. The van der Waals surface area contributed by atoms with Crippen LogP contribution < -0.4 is 5.32 Å². The molecular formula is C8H14N2O2. The maximum Gasteiger partial charge on any atom is 0.209 e. The van der Waals surface area contributed by atoms with Crippen LogP contribution in [0.25, 0.3) is 0 Å². The van der Waals surface area contributed by atoms with Crippen LogP contribution >= 0.6 is 0 Å². The second kappa shape index (κ2) is 3.41. The molecule has 0 aliphatic carbocycles. The standard InChI is InChI=1S/C8H14N2O2/c11-6-10-3-2-9-7(5-10)8-1-4-12-8/h6-9H,1-5H2/t7-,8+/m1/s1. The highest BCUT2D eigenvalue weighted by Gasteiger charge is 2.31. The Bertz CT molecular complexity index is 170. The molecule has 1 N–H and O–H groups in total. The van der Waals surface area contributed by atoms with Gasteiger partial charge in [0.25, 0.3) is 0 Å². The molecule has 4 nitrogen and oxygen atoms in total. The SMILES string of the molecule is O=CN1CCN[C@@H]([C@@H]2CCO2)C1. The summed E-state index contributed by atoms with van der Waals surface area (Å²) in [6.45, 7) is 3.40. The molecule has 0 aromatic carbocycles. The Balaban J connectivity index is 1.84. The fourth-order valence-corrected chi connectivity index (χ4v) is 1.72. The van der Waals surface area contributed by atoms with Crippen LogP contribution in [0.4, 0.5) is 0 Å². The van der Waals surface area contributed by atoms with Gasteiger partial charge >= 0.3 is 0 Å². The van der Waals surface area contributed by atoms with Gasteiger partial charge in [0.15, 0.2) is 0 Å². The van der Waals surface area contributed by atoms with E-state index in [0.717, 1.165) is 39.1 Å². The Morgan fingerprint density at radius 1 is 1.58 bits per heavy atom. The van der Waals surface area contributed by atoms with Gasteiger partial charge in [0, 0.05) is 26.2 Å². The molecule has 2 atom stereocenters. The van der Waals surface area contributed by atoms with Crippen molar-refractivity contribution in [3.05, 3.63) is 0 Å². The average Bonchev–Trinajstić information content (AvgIpc) is 2.02. The summed E-state index contributed by atoms with van der Waals surface area (Å²) in [6, 6.07) is 0.359. The molecule has 0 bridgehead atoms. The molecule has 0 spiro atoms. The van der Waals surface area contributed by atoms with E-state index in [2.05, 4.69) is 5.32 Å². The highest BCUT2D eigenvalue weighted by atomic mass is 16.5. The van der Waals surface area contributed by atoms with E-state index in [4.69, 9.17) is 4.74 Å². The zero-order chi connectivity index (χ0) is 8.39. The van der Waals surface area contributed by atoms with Crippen LogP contribution in [-0.2, 0) is 9.53 Å². The highest BCUT2D eigenvalue weighted by Crippen LogP contribution is 2.17. The van der Waals surface area contributed by atoms with E-state index in [1.54, 1.807) is 0 Å². The number of piperazine rings is 1. The number of rotatable bonds is 2. The van der Waals surface area contributed by atoms with Gasteiger partial charge in [0.05, 0.1) is 12.1 Å². The quantitative estimate of drug-likeness (QED) is 0.552. The van der Waals surface area contributed by atoms with E-state index < -0.39 is 0 Å². The number of hydrogen-bond donors (Lipinski definition) is 1. The van der Waals surface area contributed by atoms with E-state index in [1.807, 2.05) is 4.90 Å². The molecule has 1 amide bonds. The number of ether oxygens (including phenoxy) is 1. The van der Waals surface area contributed by atoms with Crippen LogP contribution in [-0.4, -0.2) is 49.7 Å². The number of carbonyl (C=O) groups excluding carboxylic acids is 1. The first-order valence-electron chi connectivity index (χ1n) is 4.44. The number of nitrogens with zero attached hydrogens (tertiary/aromatic N) is 1. The Labute approximate surface area is 71.9 Å². The summed E-state index contributed by atoms with van der Waals surface area (Å²) in [4.78, 5) is 12.3. The van der Waals surface area contributed by atoms with E-state index in [9.17, 15) is 4.79 Å².